The predicted molar refractivity (Wildman–Crippen MR) is 96.6 cm³/mol. The van der Waals surface area contributed by atoms with Gasteiger partial charge in [0, 0.05) is 30.4 Å². The molecule has 5 rings (SSSR count). The molecule has 12 heteroatoms. The second-order valence-electron chi connectivity index (χ2n) is 6.61. The van der Waals surface area contributed by atoms with Crippen LogP contribution in [0.3, 0.4) is 0 Å². The number of hydrogen-bond donors (Lipinski definition) is 1. The van der Waals surface area contributed by atoms with E-state index in [4.69, 9.17) is 4.74 Å². The maximum atomic E-state index is 13.8. The summed E-state index contributed by atoms with van der Waals surface area (Å²) in [6.07, 6.45) is 0.127. The Labute approximate surface area is 166 Å². The predicted octanol–water partition coefficient (Wildman–Crippen LogP) is 3.76. The first kappa shape index (κ1) is 18.5. The molecule has 156 valence electrons. The molecule has 5 heterocycles. The highest BCUT2D eigenvalue weighted by Gasteiger charge is 2.33. The number of aryl methyl sites for hydroxylation is 1. The number of alkyl halides is 4. The van der Waals surface area contributed by atoms with E-state index < -0.39 is 18.7 Å². The summed E-state index contributed by atoms with van der Waals surface area (Å²) in [5.41, 5.74) is 0.724. The van der Waals surface area contributed by atoms with Crippen molar-refractivity contribution in [2.45, 2.75) is 19.6 Å². The number of pyridine rings is 1. The largest absolute Gasteiger partial charge is 0.475 e. The lowest BCUT2D eigenvalue weighted by atomic mass is 10.0. The Hall–Kier alpha value is -3.57. The summed E-state index contributed by atoms with van der Waals surface area (Å²) in [7, 11) is 1.54. The molecule has 0 unspecified atom stereocenters. The van der Waals surface area contributed by atoms with Crippen LogP contribution < -0.4 is 9.47 Å². The number of H-pyrrole nitrogens is 1. The molecular weight excluding hydrogens is 408 g/mol. The van der Waals surface area contributed by atoms with Gasteiger partial charge in [-0.2, -0.15) is 13.9 Å². The molecule has 0 aliphatic carbocycles. The minimum Gasteiger partial charge on any atom is -0.475 e. The lowest BCUT2D eigenvalue weighted by Gasteiger charge is -2.08. The number of ether oxygens (including phenoxy) is 2. The van der Waals surface area contributed by atoms with E-state index in [0.717, 1.165) is 0 Å². The Kier molecular flexibility index (Phi) is 4.15. The molecule has 0 bridgehead atoms. The number of hydrogen-bond acceptors (Lipinski definition) is 5. The molecule has 8 nitrogen and oxygen atoms in total. The number of aromatic amines is 1. The van der Waals surface area contributed by atoms with Crippen LogP contribution in [-0.4, -0.2) is 42.7 Å². The van der Waals surface area contributed by atoms with E-state index in [1.807, 2.05) is 0 Å². The number of halogens is 4. The van der Waals surface area contributed by atoms with Crippen LogP contribution in [0.1, 0.15) is 12.1 Å². The topological polar surface area (TPSA) is 82.8 Å². The summed E-state index contributed by atoms with van der Waals surface area (Å²) in [5.74, 6) is -0.153. The first-order valence-electron chi connectivity index (χ1n) is 8.91. The molecule has 0 fully saturated rings. The number of aromatic nitrogens is 6. The van der Waals surface area contributed by atoms with Crippen LogP contribution >= 0.6 is 0 Å². The molecule has 0 aromatic carbocycles. The third-order valence-corrected chi connectivity index (χ3v) is 4.77. The molecule has 0 saturated heterocycles. The second-order valence-corrected chi connectivity index (χ2v) is 6.61. The maximum Gasteiger partial charge on any atom is 0.388 e. The van der Waals surface area contributed by atoms with E-state index in [2.05, 4.69) is 24.9 Å². The van der Waals surface area contributed by atoms with E-state index >= 15 is 0 Å². The molecule has 30 heavy (non-hydrogen) atoms. The van der Waals surface area contributed by atoms with Gasteiger partial charge in [0.05, 0.1) is 23.4 Å². The van der Waals surface area contributed by atoms with E-state index in [-0.39, 0.29) is 28.6 Å². The molecule has 1 N–H and O–H groups in total. The fraction of sp³-hybridized carbons (Fsp3) is 0.278. The molecule has 0 atom stereocenters. The van der Waals surface area contributed by atoms with Crippen LogP contribution in [0, 0.1) is 0 Å². The molecule has 1 aliphatic rings. The van der Waals surface area contributed by atoms with Gasteiger partial charge in [-0.05, 0) is 12.1 Å². The SMILES string of the molecule is Cn1cc(-c2c(-c3c(C(F)F)nn4c3OCC4)[nH]c3ncccc23)c(OC(F)F)n1. The van der Waals surface area contributed by atoms with Crippen molar-refractivity contribution in [3.05, 3.63) is 30.2 Å². The number of nitrogens with zero attached hydrogens (tertiary/aromatic N) is 5. The minimum absolute atomic E-state index is 0.0577. The van der Waals surface area contributed by atoms with Crippen LogP contribution in [0.4, 0.5) is 17.6 Å². The van der Waals surface area contributed by atoms with Crippen molar-refractivity contribution < 1.29 is 27.0 Å². The molecule has 0 radical (unpaired) electrons. The van der Waals surface area contributed by atoms with Gasteiger partial charge in [0.15, 0.2) is 0 Å². The Balaban J connectivity index is 1.84. The van der Waals surface area contributed by atoms with Gasteiger partial charge in [0.25, 0.3) is 6.43 Å². The molecule has 0 amide bonds. The zero-order valence-electron chi connectivity index (χ0n) is 15.4. The van der Waals surface area contributed by atoms with Crippen LogP contribution in [0.2, 0.25) is 0 Å². The van der Waals surface area contributed by atoms with E-state index in [1.54, 1.807) is 19.2 Å². The van der Waals surface area contributed by atoms with Crippen LogP contribution in [-0.2, 0) is 13.6 Å². The van der Waals surface area contributed by atoms with E-state index in [9.17, 15) is 17.6 Å². The average molecular weight is 422 g/mol. The lowest BCUT2D eigenvalue weighted by molar-refractivity contribution is -0.0527. The summed E-state index contributed by atoms with van der Waals surface area (Å²) in [4.78, 5) is 7.26. The van der Waals surface area contributed by atoms with Crippen molar-refractivity contribution in [2.75, 3.05) is 6.61 Å². The average Bonchev–Trinajstić information content (AvgIpc) is 3.42. The zero-order valence-corrected chi connectivity index (χ0v) is 15.4. The van der Waals surface area contributed by atoms with Crippen LogP contribution in [0.5, 0.6) is 11.8 Å². The Morgan fingerprint density at radius 3 is 2.80 bits per heavy atom. The first-order chi connectivity index (χ1) is 14.4. The molecule has 1 aliphatic heterocycles. The monoisotopic (exact) mass is 422 g/mol. The van der Waals surface area contributed by atoms with Gasteiger partial charge in [0.2, 0.25) is 11.8 Å². The van der Waals surface area contributed by atoms with Gasteiger partial charge >= 0.3 is 6.61 Å². The number of nitrogens with one attached hydrogen (secondary N) is 1. The smallest absolute Gasteiger partial charge is 0.388 e. The molecule has 0 spiro atoms. The van der Waals surface area contributed by atoms with Gasteiger partial charge < -0.3 is 14.5 Å². The van der Waals surface area contributed by atoms with Gasteiger partial charge in [-0.25, -0.2) is 18.4 Å². The summed E-state index contributed by atoms with van der Waals surface area (Å²) in [6.45, 7) is -2.49. The van der Waals surface area contributed by atoms with Crippen molar-refractivity contribution in [2.24, 2.45) is 7.05 Å². The van der Waals surface area contributed by atoms with Gasteiger partial charge in [-0.3, -0.25) is 4.68 Å². The highest BCUT2D eigenvalue weighted by Crippen LogP contribution is 2.47. The molecule has 4 aromatic rings. The van der Waals surface area contributed by atoms with Gasteiger partial charge in [-0.15, -0.1) is 5.10 Å². The van der Waals surface area contributed by atoms with Crippen molar-refractivity contribution >= 4 is 11.0 Å². The Morgan fingerprint density at radius 1 is 1.20 bits per heavy atom. The summed E-state index contributed by atoms with van der Waals surface area (Å²) in [6, 6.07) is 3.35. The standard InChI is InChI=1S/C18H14F4N6O2/c1-27-7-9(16(26-27)30-18(21)22)10-8-3-2-4-23-15(8)24-12(10)11-13(14(19)20)25-28-5-6-29-17(11)28/h2-4,7,14,18H,5-6H2,1H3,(H,23,24). The van der Waals surface area contributed by atoms with Crippen LogP contribution in [0.25, 0.3) is 33.4 Å². The molecule has 4 aromatic heterocycles. The van der Waals surface area contributed by atoms with E-state index in [0.29, 0.717) is 29.7 Å². The summed E-state index contributed by atoms with van der Waals surface area (Å²) >= 11 is 0. The van der Waals surface area contributed by atoms with Crippen molar-refractivity contribution in [3.8, 4) is 34.1 Å². The highest BCUT2D eigenvalue weighted by atomic mass is 19.3. The Bertz CT molecular complexity index is 1250. The number of fused-ring (bicyclic) bond motifs is 2. The summed E-state index contributed by atoms with van der Waals surface area (Å²) in [5, 5.41) is 8.45. The molecule has 0 saturated carbocycles. The normalized spacial score (nSPS) is 13.4. The van der Waals surface area contributed by atoms with Gasteiger partial charge in [-0.1, -0.05) is 0 Å². The van der Waals surface area contributed by atoms with Crippen molar-refractivity contribution in [1.29, 1.82) is 0 Å². The van der Waals surface area contributed by atoms with Crippen molar-refractivity contribution in [3.63, 3.8) is 0 Å². The fourth-order valence-electron chi connectivity index (χ4n) is 3.68. The highest BCUT2D eigenvalue weighted by molar-refractivity contribution is 6.04. The van der Waals surface area contributed by atoms with Crippen LogP contribution in [0.15, 0.2) is 24.5 Å². The lowest BCUT2D eigenvalue weighted by Crippen LogP contribution is -2.04. The zero-order chi connectivity index (χ0) is 21.0. The quantitative estimate of drug-likeness (QED) is 0.496. The third kappa shape index (κ3) is 2.78. The molecular formula is C18H14F4N6O2. The Morgan fingerprint density at radius 2 is 2.03 bits per heavy atom. The van der Waals surface area contributed by atoms with Crippen molar-refractivity contribution in [1.82, 2.24) is 29.5 Å². The minimum atomic E-state index is -3.11. The number of rotatable bonds is 5. The fourth-order valence-corrected chi connectivity index (χ4v) is 3.68. The van der Waals surface area contributed by atoms with E-state index in [1.165, 1.54) is 21.8 Å². The third-order valence-electron chi connectivity index (χ3n) is 4.77. The second kappa shape index (κ2) is 6.75. The van der Waals surface area contributed by atoms with Gasteiger partial charge in [0.1, 0.15) is 17.9 Å². The summed E-state index contributed by atoms with van der Waals surface area (Å²) < 4.78 is 66.4. The first-order valence-corrected chi connectivity index (χ1v) is 8.91. The maximum absolute atomic E-state index is 13.8.